The third-order valence-electron chi connectivity index (χ3n) is 8.29. The normalized spacial score (nSPS) is 31.3. The van der Waals surface area contributed by atoms with E-state index in [1.807, 2.05) is 23.6 Å². The molecule has 5 rings (SSSR count). The summed E-state index contributed by atoms with van der Waals surface area (Å²) < 4.78 is 0. The van der Waals surface area contributed by atoms with Gasteiger partial charge in [-0.1, -0.05) is 20.8 Å². The van der Waals surface area contributed by atoms with Crippen molar-refractivity contribution in [2.75, 3.05) is 29.9 Å². The molecule has 35 heavy (non-hydrogen) atoms. The van der Waals surface area contributed by atoms with Crippen molar-refractivity contribution in [3.8, 4) is 0 Å². The summed E-state index contributed by atoms with van der Waals surface area (Å²) in [6.07, 6.45) is 6.53. The Hall–Kier alpha value is -2.04. The highest BCUT2D eigenvalue weighted by Crippen LogP contribution is 2.57. The third-order valence-corrected chi connectivity index (χ3v) is 10.2. The molecule has 3 heterocycles. The highest BCUT2D eigenvalue weighted by atomic mass is 32.2. The van der Waals surface area contributed by atoms with E-state index in [2.05, 4.69) is 29.1 Å². The van der Waals surface area contributed by atoms with Crippen LogP contribution in [-0.4, -0.2) is 67.5 Å². The predicted octanol–water partition coefficient (Wildman–Crippen LogP) is 3.45. The molecule has 8 nitrogen and oxygen atoms in total. The van der Waals surface area contributed by atoms with Gasteiger partial charge in [0.25, 0.3) is 5.91 Å². The minimum Gasteiger partial charge on any atom is -0.392 e. The Kier molecular flexibility index (Phi) is 6.89. The standard InChI is InChI=1S/C25H33N5O3S2/c1-14(23(33)30-8-10-34-11-9-30)16-4-5-25(3)12-18-20(15(2)19(25)21(16)31)28-24(35-18)29-22(32)17-13-26-6-7-27-17/h6-7,13-16,19,21,31H,4-5,8-12H2,1-3H3,(H,28,29,32)/t14-,15+,16+,19+,21-,25+/m0/s1. The first kappa shape index (κ1) is 24.6. The van der Waals surface area contributed by atoms with Crippen molar-refractivity contribution in [2.45, 2.75) is 52.1 Å². The highest BCUT2D eigenvalue weighted by molar-refractivity contribution is 7.99. The number of carbonyl (C=O) groups is 2. The molecule has 2 aromatic rings. The van der Waals surface area contributed by atoms with E-state index in [9.17, 15) is 14.7 Å². The molecule has 0 unspecified atom stereocenters. The van der Waals surface area contributed by atoms with Crippen LogP contribution in [0.25, 0.3) is 0 Å². The second kappa shape index (κ2) is 9.78. The van der Waals surface area contributed by atoms with Gasteiger partial charge >= 0.3 is 0 Å². The van der Waals surface area contributed by atoms with Crippen LogP contribution in [0.1, 0.15) is 60.6 Å². The second-order valence-electron chi connectivity index (χ2n) is 10.4. The fourth-order valence-corrected chi connectivity index (χ4v) is 8.59. The molecule has 3 aliphatic rings. The number of fused-ring (bicyclic) bond motifs is 2. The van der Waals surface area contributed by atoms with E-state index < -0.39 is 6.10 Å². The average Bonchev–Trinajstić information content (AvgIpc) is 3.26. The number of nitrogens with zero attached hydrogens (tertiary/aromatic N) is 4. The number of nitrogens with one attached hydrogen (secondary N) is 1. The van der Waals surface area contributed by atoms with Gasteiger partial charge in [-0.15, -0.1) is 11.3 Å². The molecule has 0 spiro atoms. The van der Waals surface area contributed by atoms with Crippen LogP contribution >= 0.6 is 23.1 Å². The number of aromatic nitrogens is 3. The minimum atomic E-state index is -0.561. The minimum absolute atomic E-state index is 0.0200. The Morgan fingerprint density at radius 1 is 1.29 bits per heavy atom. The van der Waals surface area contributed by atoms with Gasteiger partial charge in [-0.25, -0.2) is 9.97 Å². The molecule has 0 bridgehead atoms. The van der Waals surface area contributed by atoms with Crippen molar-refractivity contribution in [3.63, 3.8) is 0 Å². The lowest BCUT2D eigenvalue weighted by Crippen LogP contribution is -2.54. The van der Waals surface area contributed by atoms with Gasteiger partial charge in [0.15, 0.2) is 5.13 Å². The van der Waals surface area contributed by atoms with Crippen molar-refractivity contribution in [2.24, 2.45) is 23.2 Å². The molecule has 6 atom stereocenters. The first-order valence-corrected chi connectivity index (χ1v) is 14.4. The van der Waals surface area contributed by atoms with Crippen LogP contribution in [0.15, 0.2) is 18.6 Å². The zero-order chi connectivity index (χ0) is 24.7. The molecule has 0 radical (unpaired) electrons. The van der Waals surface area contributed by atoms with E-state index in [1.165, 1.54) is 34.8 Å². The number of rotatable bonds is 4. The summed E-state index contributed by atoms with van der Waals surface area (Å²) in [7, 11) is 0. The molecule has 2 fully saturated rings. The summed E-state index contributed by atoms with van der Waals surface area (Å²) in [5.74, 6) is 1.66. The monoisotopic (exact) mass is 515 g/mol. The molecule has 2 amide bonds. The first-order valence-electron chi connectivity index (χ1n) is 12.4. The van der Waals surface area contributed by atoms with Gasteiger partial charge in [-0.3, -0.25) is 19.9 Å². The van der Waals surface area contributed by atoms with Gasteiger partial charge in [-0.2, -0.15) is 11.8 Å². The Morgan fingerprint density at radius 2 is 2.06 bits per heavy atom. The molecule has 1 aliphatic heterocycles. The number of anilines is 1. The Morgan fingerprint density at radius 3 is 2.77 bits per heavy atom. The first-order chi connectivity index (χ1) is 16.8. The zero-order valence-electron chi connectivity index (χ0n) is 20.4. The molecule has 2 aliphatic carbocycles. The number of thiazole rings is 1. The molecule has 1 saturated heterocycles. The molecule has 188 valence electrons. The smallest absolute Gasteiger partial charge is 0.277 e. The summed E-state index contributed by atoms with van der Waals surface area (Å²) in [5, 5.41) is 15.1. The van der Waals surface area contributed by atoms with E-state index in [-0.39, 0.29) is 46.6 Å². The fourth-order valence-electron chi connectivity index (χ4n) is 6.43. The van der Waals surface area contributed by atoms with Crippen LogP contribution in [0.4, 0.5) is 5.13 Å². The van der Waals surface area contributed by atoms with Crippen LogP contribution in [0.3, 0.4) is 0 Å². The summed E-state index contributed by atoms with van der Waals surface area (Å²) >= 11 is 3.41. The number of aliphatic hydroxyl groups excluding tert-OH is 1. The summed E-state index contributed by atoms with van der Waals surface area (Å²) in [5.41, 5.74) is 1.14. The fraction of sp³-hybridized carbons (Fsp3) is 0.640. The van der Waals surface area contributed by atoms with Crippen molar-refractivity contribution in [1.29, 1.82) is 0 Å². The molecule has 10 heteroatoms. The van der Waals surface area contributed by atoms with E-state index in [4.69, 9.17) is 4.98 Å². The molecule has 0 aromatic carbocycles. The average molecular weight is 516 g/mol. The van der Waals surface area contributed by atoms with Gasteiger partial charge in [0.05, 0.1) is 18.0 Å². The van der Waals surface area contributed by atoms with Crippen LogP contribution in [0.2, 0.25) is 0 Å². The molecule has 2 aromatic heterocycles. The van der Waals surface area contributed by atoms with E-state index >= 15 is 0 Å². The maximum Gasteiger partial charge on any atom is 0.277 e. The highest BCUT2D eigenvalue weighted by Gasteiger charge is 2.54. The summed E-state index contributed by atoms with van der Waals surface area (Å²) in [6.45, 7) is 8.01. The van der Waals surface area contributed by atoms with Crippen molar-refractivity contribution in [3.05, 3.63) is 34.9 Å². The molecular formula is C25H33N5O3S2. The van der Waals surface area contributed by atoms with Crippen LogP contribution in [0, 0.1) is 23.2 Å². The number of hydrogen-bond acceptors (Lipinski definition) is 8. The van der Waals surface area contributed by atoms with E-state index in [0.29, 0.717) is 5.13 Å². The van der Waals surface area contributed by atoms with Gasteiger partial charge in [0.1, 0.15) is 5.69 Å². The number of carbonyl (C=O) groups excluding carboxylic acids is 2. The third kappa shape index (κ3) is 4.60. The van der Waals surface area contributed by atoms with Gasteiger partial charge in [-0.05, 0) is 36.5 Å². The summed E-state index contributed by atoms with van der Waals surface area (Å²) in [4.78, 5) is 41.8. The SMILES string of the molecule is C[C@H](C(=O)N1CCSCC1)[C@H]1CC[C@]2(C)Cc3sc(NC(=O)c4cnccn4)nc3[C@H](C)[C@@H]2[C@H]1O. The predicted molar refractivity (Wildman–Crippen MR) is 138 cm³/mol. The molecular weight excluding hydrogens is 482 g/mol. The second-order valence-corrected chi connectivity index (χ2v) is 12.7. The zero-order valence-corrected chi connectivity index (χ0v) is 22.1. The lowest BCUT2D eigenvalue weighted by molar-refractivity contribution is -0.144. The van der Waals surface area contributed by atoms with Crippen molar-refractivity contribution in [1.82, 2.24) is 19.9 Å². The van der Waals surface area contributed by atoms with Gasteiger partial charge in [0.2, 0.25) is 5.91 Å². The molecule has 2 N–H and O–H groups in total. The van der Waals surface area contributed by atoms with Crippen LogP contribution < -0.4 is 5.32 Å². The lowest BCUT2D eigenvalue weighted by atomic mass is 9.53. The van der Waals surface area contributed by atoms with E-state index in [0.717, 1.165) is 49.6 Å². The largest absolute Gasteiger partial charge is 0.392 e. The Balaban J connectivity index is 1.34. The molecule has 1 saturated carbocycles. The quantitative estimate of drug-likeness (QED) is 0.642. The maximum absolute atomic E-state index is 13.2. The van der Waals surface area contributed by atoms with Gasteiger partial charge < -0.3 is 10.0 Å². The number of hydrogen-bond donors (Lipinski definition) is 2. The van der Waals surface area contributed by atoms with Crippen molar-refractivity contribution < 1.29 is 14.7 Å². The Labute approximate surface area is 214 Å². The van der Waals surface area contributed by atoms with Crippen LogP contribution in [-0.2, 0) is 11.2 Å². The lowest BCUT2D eigenvalue weighted by Gasteiger charge is -2.53. The van der Waals surface area contributed by atoms with Gasteiger partial charge in [0, 0.05) is 53.7 Å². The number of amides is 2. The van der Waals surface area contributed by atoms with Crippen molar-refractivity contribution >= 4 is 40.0 Å². The maximum atomic E-state index is 13.2. The Bertz CT molecular complexity index is 1090. The number of thioether (sulfide) groups is 1. The van der Waals surface area contributed by atoms with Crippen LogP contribution in [0.5, 0.6) is 0 Å². The number of aliphatic hydroxyl groups is 1. The summed E-state index contributed by atoms with van der Waals surface area (Å²) in [6, 6.07) is 0. The topological polar surface area (TPSA) is 108 Å². The van der Waals surface area contributed by atoms with E-state index in [1.54, 1.807) is 0 Å².